The highest BCUT2D eigenvalue weighted by molar-refractivity contribution is 5.33. The summed E-state index contributed by atoms with van der Waals surface area (Å²) in [5.74, 6) is 3.41. The fraction of sp³-hybridized carbons (Fsp3) is 0.450. The van der Waals surface area contributed by atoms with Crippen LogP contribution in [0.2, 0.25) is 0 Å². The van der Waals surface area contributed by atoms with Crippen molar-refractivity contribution in [1.29, 1.82) is 0 Å². The van der Waals surface area contributed by atoms with E-state index in [0.717, 1.165) is 43.5 Å². The van der Waals surface area contributed by atoms with Crippen LogP contribution in [0.4, 0.5) is 0 Å². The molecule has 0 spiro atoms. The molecule has 1 saturated heterocycles. The normalized spacial score (nSPS) is 17.9. The van der Waals surface area contributed by atoms with E-state index < -0.39 is 0 Å². The highest BCUT2D eigenvalue weighted by Gasteiger charge is 2.26. The first-order valence-corrected chi connectivity index (χ1v) is 9.42. The van der Waals surface area contributed by atoms with Gasteiger partial charge >= 0.3 is 0 Å². The second-order valence-electron chi connectivity index (χ2n) is 7.15. The molecule has 0 bridgehead atoms. The maximum absolute atomic E-state index is 5.51. The van der Waals surface area contributed by atoms with Gasteiger partial charge in [0.05, 0.1) is 20.0 Å². The molecule has 0 saturated carbocycles. The molecule has 7 nitrogen and oxygen atoms in total. The minimum Gasteiger partial charge on any atom is -0.496 e. The largest absolute Gasteiger partial charge is 0.496 e. The van der Waals surface area contributed by atoms with Crippen LogP contribution in [0.1, 0.15) is 36.0 Å². The third-order valence-electron chi connectivity index (χ3n) is 5.34. The molecule has 0 aliphatic carbocycles. The van der Waals surface area contributed by atoms with E-state index in [1.807, 2.05) is 29.2 Å². The molecule has 1 aromatic carbocycles. The molecule has 4 rings (SSSR count). The van der Waals surface area contributed by atoms with Crippen molar-refractivity contribution in [3.8, 4) is 5.75 Å². The number of hydrogen-bond donors (Lipinski definition) is 0. The Morgan fingerprint density at radius 3 is 2.89 bits per heavy atom. The molecule has 3 heterocycles. The zero-order valence-corrected chi connectivity index (χ0v) is 16.0. The lowest BCUT2D eigenvalue weighted by Gasteiger charge is -2.32. The van der Waals surface area contributed by atoms with E-state index in [-0.39, 0.29) is 0 Å². The summed E-state index contributed by atoms with van der Waals surface area (Å²) >= 11 is 0. The van der Waals surface area contributed by atoms with E-state index in [0.29, 0.717) is 12.5 Å². The number of methoxy groups -OCH3 is 1. The predicted octanol–water partition coefficient (Wildman–Crippen LogP) is 2.45. The standard InChI is InChI=1S/C20H26N6O/c1-24-19(14-26-11-9-21-15-26)22-23-20(24)17-7-5-10-25(13-17)12-16-6-3-4-8-18(16)27-2/h3-4,6,8-9,11,15,17H,5,7,10,12-14H2,1-2H3/t17-/m0/s1. The summed E-state index contributed by atoms with van der Waals surface area (Å²) in [6, 6.07) is 8.27. The molecule has 0 radical (unpaired) electrons. The number of hydrogen-bond acceptors (Lipinski definition) is 5. The third-order valence-corrected chi connectivity index (χ3v) is 5.34. The average molecular weight is 366 g/mol. The first-order chi connectivity index (χ1) is 13.2. The van der Waals surface area contributed by atoms with Crippen molar-refractivity contribution in [2.75, 3.05) is 20.2 Å². The molecule has 7 heteroatoms. The molecule has 0 unspecified atom stereocenters. The number of imidazole rings is 1. The van der Waals surface area contributed by atoms with Gasteiger partial charge in [-0.3, -0.25) is 4.90 Å². The van der Waals surface area contributed by atoms with Gasteiger partial charge in [-0.15, -0.1) is 10.2 Å². The van der Waals surface area contributed by atoms with Crippen LogP contribution in [0.25, 0.3) is 0 Å². The summed E-state index contributed by atoms with van der Waals surface area (Å²) in [7, 11) is 3.81. The Hall–Kier alpha value is -2.67. The zero-order valence-electron chi connectivity index (χ0n) is 16.0. The lowest BCUT2D eigenvalue weighted by Crippen LogP contribution is -2.35. The summed E-state index contributed by atoms with van der Waals surface area (Å²) in [5.41, 5.74) is 1.24. The molecule has 0 amide bonds. The van der Waals surface area contributed by atoms with Gasteiger partial charge in [-0.25, -0.2) is 4.98 Å². The maximum atomic E-state index is 5.51. The van der Waals surface area contributed by atoms with Crippen molar-refractivity contribution in [3.63, 3.8) is 0 Å². The lowest BCUT2D eigenvalue weighted by atomic mass is 9.96. The summed E-state index contributed by atoms with van der Waals surface area (Å²) in [5, 5.41) is 8.95. The van der Waals surface area contributed by atoms with Crippen LogP contribution in [0.3, 0.4) is 0 Å². The Labute approximate surface area is 159 Å². The summed E-state index contributed by atoms with van der Waals surface area (Å²) < 4.78 is 9.68. The Morgan fingerprint density at radius 2 is 2.07 bits per heavy atom. The van der Waals surface area contributed by atoms with Crippen molar-refractivity contribution >= 4 is 0 Å². The summed E-state index contributed by atoms with van der Waals surface area (Å²) in [4.78, 5) is 6.59. The molecule has 27 heavy (non-hydrogen) atoms. The first kappa shape index (κ1) is 17.7. The number of rotatable bonds is 6. The van der Waals surface area contributed by atoms with E-state index >= 15 is 0 Å². The number of benzene rings is 1. The van der Waals surface area contributed by atoms with Crippen molar-refractivity contribution in [3.05, 3.63) is 60.2 Å². The van der Waals surface area contributed by atoms with E-state index in [1.165, 1.54) is 12.0 Å². The quantitative estimate of drug-likeness (QED) is 0.671. The van der Waals surface area contributed by atoms with Crippen LogP contribution >= 0.6 is 0 Å². The van der Waals surface area contributed by atoms with E-state index in [4.69, 9.17) is 4.74 Å². The Kier molecular flexibility index (Phi) is 5.20. The van der Waals surface area contributed by atoms with Gasteiger partial charge in [0.15, 0.2) is 5.82 Å². The fourth-order valence-corrected chi connectivity index (χ4v) is 3.90. The van der Waals surface area contributed by atoms with Gasteiger partial charge in [-0.1, -0.05) is 18.2 Å². The van der Waals surface area contributed by atoms with Gasteiger partial charge in [0, 0.05) is 44.0 Å². The molecule has 1 atom stereocenters. The van der Waals surface area contributed by atoms with Gasteiger partial charge in [0.25, 0.3) is 0 Å². The number of para-hydroxylation sites is 1. The lowest BCUT2D eigenvalue weighted by molar-refractivity contribution is 0.193. The van der Waals surface area contributed by atoms with Crippen LogP contribution in [0, 0.1) is 0 Å². The number of nitrogens with zero attached hydrogens (tertiary/aromatic N) is 6. The second-order valence-corrected chi connectivity index (χ2v) is 7.15. The minimum absolute atomic E-state index is 0.405. The number of likely N-dealkylation sites (tertiary alicyclic amines) is 1. The molecule has 2 aromatic heterocycles. The molecule has 0 N–H and O–H groups in total. The first-order valence-electron chi connectivity index (χ1n) is 9.42. The Morgan fingerprint density at radius 1 is 1.19 bits per heavy atom. The van der Waals surface area contributed by atoms with Crippen molar-refractivity contribution in [2.24, 2.45) is 7.05 Å². The SMILES string of the molecule is COc1ccccc1CN1CCC[C@H](c2nnc(Cn3ccnc3)n2C)C1. The predicted molar refractivity (Wildman–Crippen MR) is 103 cm³/mol. The number of piperidine rings is 1. The summed E-state index contributed by atoms with van der Waals surface area (Å²) in [6.07, 6.45) is 7.87. The van der Waals surface area contributed by atoms with Gasteiger partial charge in [-0.05, 0) is 25.5 Å². The van der Waals surface area contributed by atoms with Crippen LogP contribution in [0.5, 0.6) is 5.75 Å². The second kappa shape index (κ2) is 7.92. The molecular formula is C20H26N6O. The molecular weight excluding hydrogens is 340 g/mol. The fourth-order valence-electron chi connectivity index (χ4n) is 3.90. The number of aromatic nitrogens is 5. The molecule has 142 valence electrons. The average Bonchev–Trinajstić information content (AvgIpc) is 3.33. The molecule has 3 aromatic rings. The minimum atomic E-state index is 0.405. The van der Waals surface area contributed by atoms with Gasteiger partial charge in [-0.2, -0.15) is 0 Å². The van der Waals surface area contributed by atoms with Gasteiger partial charge in [0.1, 0.15) is 11.6 Å². The monoisotopic (exact) mass is 366 g/mol. The molecule has 1 fully saturated rings. The van der Waals surface area contributed by atoms with Gasteiger partial charge < -0.3 is 13.9 Å². The van der Waals surface area contributed by atoms with E-state index in [2.05, 4.69) is 43.8 Å². The van der Waals surface area contributed by atoms with Crippen LogP contribution in [-0.2, 0) is 20.1 Å². The van der Waals surface area contributed by atoms with Crippen molar-refractivity contribution in [1.82, 2.24) is 29.2 Å². The van der Waals surface area contributed by atoms with Crippen LogP contribution < -0.4 is 4.74 Å². The van der Waals surface area contributed by atoms with Gasteiger partial charge in [0.2, 0.25) is 0 Å². The van der Waals surface area contributed by atoms with E-state index in [1.54, 1.807) is 13.3 Å². The summed E-state index contributed by atoms with van der Waals surface area (Å²) in [6.45, 7) is 3.70. The van der Waals surface area contributed by atoms with Crippen molar-refractivity contribution in [2.45, 2.75) is 31.8 Å². The molecule has 1 aliphatic rings. The Bertz CT molecular complexity index is 872. The third kappa shape index (κ3) is 3.88. The topological polar surface area (TPSA) is 61.0 Å². The van der Waals surface area contributed by atoms with Crippen LogP contribution in [-0.4, -0.2) is 49.4 Å². The van der Waals surface area contributed by atoms with Crippen molar-refractivity contribution < 1.29 is 4.74 Å². The molecule has 1 aliphatic heterocycles. The Balaban J connectivity index is 1.46. The van der Waals surface area contributed by atoms with E-state index in [9.17, 15) is 0 Å². The maximum Gasteiger partial charge on any atom is 0.152 e. The highest BCUT2D eigenvalue weighted by atomic mass is 16.5. The zero-order chi connectivity index (χ0) is 18.6. The van der Waals surface area contributed by atoms with Crippen LogP contribution in [0.15, 0.2) is 43.0 Å². The smallest absolute Gasteiger partial charge is 0.152 e. The highest BCUT2D eigenvalue weighted by Crippen LogP contribution is 2.28. The number of ether oxygens (including phenoxy) is 1.